The molecule has 1 heterocycles. The van der Waals surface area contributed by atoms with E-state index in [-0.39, 0.29) is 0 Å². The van der Waals surface area contributed by atoms with Crippen LogP contribution >= 0.6 is 0 Å². The average molecular weight is 307 g/mol. The molecule has 1 aliphatic carbocycles. The van der Waals surface area contributed by atoms with Crippen molar-refractivity contribution in [3.63, 3.8) is 0 Å². The summed E-state index contributed by atoms with van der Waals surface area (Å²) in [7, 11) is 1.79. The Morgan fingerprint density at radius 3 is 2.82 bits per heavy atom. The van der Waals surface area contributed by atoms with Crippen molar-refractivity contribution in [2.24, 2.45) is 4.99 Å². The van der Waals surface area contributed by atoms with E-state index in [4.69, 9.17) is 4.74 Å². The molecule has 0 saturated heterocycles. The van der Waals surface area contributed by atoms with Gasteiger partial charge in [0.2, 0.25) is 0 Å². The molecule has 0 radical (unpaired) electrons. The molecule has 0 bridgehead atoms. The Hall–Kier alpha value is -1.56. The highest BCUT2D eigenvalue weighted by molar-refractivity contribution is 5.79. The first-order valence-electron chi connectivity index (χ1n) is 8.42. The zero-order valence-corrected chi connectivity index (χ0v) is 13.6. The summed E-state index contributed by atoms with van der Waals surface area (Å²) in [6.07, 6.45) is 11.8. The van der Waals surface area contributed by atoms with Crippen molar-refractivity contribution in [3.8, 4) is 0 Å². The number of hydrogen-bond donors (Lipinski definition) is 2. The summed E-state index contributed by atoms with van der Waals surface area (Å²) in [6.45, 7) is 3.36. The minimum absolute atomic E-state index is 0.500. The molecule has 0 aliphatic heterocycles. The van der Waals surface area contributed by atoms with E-state index in [2.05, 4.69) is 20.7 Å². The molecule has 1 aliphatic rings. The molecule has 6 heteroatoms. The molecule has 0 spiro atoms. The predicted octanol–water partition coefficient (Wildman–Crippen LogP) is 1.79. The van der Waals surface area contributed by atoms with Gasteiger partial charge in [0.1, 0.15) is 0 Å². The number of ether oxygens (including phenoxy) is 1. The van der Waals surface area contributed by atoms with Crippen LogP contribution in [-0.2, 0) is 11.3 Å². The Balaban J connectivity index is 1.48. The van der Waals surface area contributed by atoms with Crippen LogP contribution in [0.2, 0.25) is 0 Å². The minimum Gasteiger partial charge on any atom is -0.378 e. The smallest absolute Gasteiger partial charge is 0.191 e. The number of rotatable bonds is 8. The average Bonchev–Trinajstić information content (AvgIpc) is 3.07. The second-order valence-corrected chi connectivity index (χ2v) is 5.68. The van der Waals surface area contributed by atoms with Gasteiger partial charge in [0.15, 0.2) is 5.96 Å². The fraction of sp³-hybridized carbons (Fsp3) is 0.750. The number of aliphatic imine (C=N–C) groups is 1. The molecule has 6 nitrogen and oxygen atoms in total. The Bertz CT molecular complexity index is 412. The topological polar surface area (TPSA) is 63.5 Å². The van der Waals surface area contributed by atoms with Crippen LogP contribution in [0.25, 0.3) is 0 Å². The summed E-state index contributed by atoms with van der Waals surface area (Å²) in [5.74, 6) is 0.838. The SMILES string of the molecule is CN=C(NCCCOC1CCCCC1)NCCn1cccn1. The second kappa shape index (κ2) is 10.2. The number of nitrogens with zero attached hydrogens (tertiary/aromatic N) is 3. The zero-order valence-electron chi connectivity index (χ0n) is 13.6. The van der Waals surface area contributed by atoms with Crippen LogP contribution in [0.15, 0.2) is 23.5 Å². The van der Waals surface area contributed by atoms with Gasteiger partial charge in [-0.3, -0.25) is 9.67 Å². The van der Waals surface area contributed by atoms with Crippen molar-refractivity contribution in [2.45, 2.75) is 51.2 Å². The van der Waals surface area contributed by atoms with Crippen LogP contribution in [0, 0.1) is 0 Å². The highest BCUT2D eigenvalue weighted by Crippen LogP contribution is 2.20. The largest absolute Gasteiger partial charge is 0.378 e. The van der Waals surface area contributed by atoms with Crippen LogP contribution < -0.4 is 10.6 Å². The van der Waals surface area contributed by atoms with Crippen molar-refractivity contribution in [3.05, 3.63) is 18.5 Å². The Morgan fingerprint density at radius 2 is 2.09 bits per heavy atom. The molecule has 1 aromatic heterocycles. The molecule has 124 valence electrons. The molecule has 22 heavy (non-hydrogen) atoms. The third kappa shape index (κ3) is 6.47. The molecule has 2 rings (SSSR count). The first-order chi connectivity index (χ1) is 10.9. The van der Waals surface area contributed by atoms with E-state index in [0.717, 1.165) is 38.6 Å². The van der Waals surface area contributed by atoms with Crippen molar-refractivity contribution in [1.29, 1.82) is 0 Å². The lowest BCUT2D eigenvalue weighted by Crippen LogP contribution is -2.39. The molecule has 2 N–H and O–H groups in total. The van der Waals surface area contributed by atoms with Crippen molar-refractivity contribution in [2.75, 3.05) is 26.7 Å². The van der Waals surface area contributed by atoms with Gasteiger partial charge in [0.05, 0.1) is 12.6 Å². The summed E-state index contributed by atoms with van der Waals surface area (Å²) in [5.41, 5.74) is 0. The van der Waals surface area contributed by atoms with Crippen LogP contribution in [0.1, 0.15) is 38.5 Å². The zero-order chi connectivity index (χ0) is 15.5. The lowest BCUT2D eigenvalue weighted by molar-refractivity contribution is 0.0277. The summed E-state index contributed by atoms with van der Waals surface area (Å²) in [4.78, 5) is 4.22. The number of aromatic nitrogens is 2. The van der Waals surface area contributed by atoms with Crippen LogP contribution in [0.3, 0.4) is 0 Å². The lowest BCUT2D eigenvalue weighted by Gasteiger charge is -2.22. The molecule has 0 aromatic carbocycles. The van der Waals surface area contributed by atoms with Gasteiger partial charge in [-0.2, -0.15) is 5.10 Å². The number of guanidine groups is 1. The van der Waals surface area contributed by atoms with Crippen LogP contribution in [0.5, 0.6) is 0 Å². The van der Waals surface area contributed by atoms with E-state index in [0.29, 0.717) is 6.10 Å². The van der Waals surface area contributed by atoms with Gasteiger partial charge in [-0.25, -0.2) is 0 Å². The Kier molecular flexibility index (Phi) is 7.80. The van der Waals surface area contributed by atoms with Gasteiger partial charge in [-0.05, 0) is 25.3 Å². The molecule has 0 amide bonds. The van der Waals surface area contributed by atoms with E-state index < -0.39 is 0 Å². The van der Waals surface area contributed by atoms with Gasteiger partial charge < -0.3 is 15.4 Å². The molecule has 0 unspecified atom stereocenters. The molecule has 0 atom stereocenters. The quantitative estimate of drug-likeness (QED) is 0.437. The molecule has 1 aromatic rings. The summed E-state index contributed by atoms with van der Waals surface area (Å²) >= 11 is 0. The maximum Gasteiger partial charge on any atom is 0.191 e. The predicted molar refractivity (Wildman–Crippen MR) is 89.0 cm³/mol. The molecular formula is C16H29N5O. The lowest BCUT2D eigenvalue weighted by atomic mass is 9.98. The van der Waals surface area contributed by atoms with Crippen molar-refractivity contribution >= 4 is 5.96 Å². The standard InChI is InChI=1S/C16H29N5O/c1-17-16(19-11-13-21-12-5-10-20-21)18-9-6-14-22-15-7-3-2-4-8-15/h5,10,12,15H,2-4,6-9,11,13-14H2,1H3,(H2,17,18,19). The van der Waals surface area contributed by atoms with E-state index in [9.17, 15) is 0 Å². The molecular weight excluding hydrogens is 278 g/mol. The fourth-order valence-electron chi connectivity index (χ4n) is 2.70. The maximum atomic E-state index is 5.92. The highest BCUT2D eigenvalue weighted by atomic mass is 16.5. The van der Waals surface area contributed by atoms with Crippen molar-refractivity contribution < 1.29 is 4.74 Å². The van der Waals surface area contributed by atoms with Gasteiger partial charge in [0, 0.05) is 39.1 Å². The highest BCUT2D eigenvalue weighted by Gasteiger charge is 2.12. The molecule has 1 fully saturated rings. The Morgan fingerprint density at radius 1 is 1.27 bits per heavy atom. The summed E-state index contributed by atoms with van der Waals surface area (Å²) in [6, 6.07) is 1.93. The van der Waals surface area contributed by atoms with Crippen LogP contribution in [-0.4, -0.2) is 48.6 Å². The van der Waals surface area contributed by atoms with Gasteiger partial charge >= 0.3 is 0 Å². The third-order valence-electron chi connectivity index (χ3n) is 3.94. The van der Waals surface area contributed by atoms with E-state index >= 15 is 0 Å². The maximum absolute atomic E-state index is 5.92. The monoisotopic (exact) mass is 307 g/mol. The van der Waals surface area contributed by atoms with E-state index in [1.54, 1.807) is 13.2 Å². The van der Waals surface area contributed by atoms with Gasteiger partial charge in [-0.1, -0.05) is 19.3 Å². The van der Waals surface area contributed by atoms with Crippen molar-refractivity contribution in [1.82, 2.24) is 20.4 Å². The second-order valence-electron chi connectivity index (χ2n) is 5.68. The minimum atomic E-state index is 0.500. The first kappa shape index (κ1) is 16.8. The number of hydrogen-bond acceptors (Lipinski definition) is 3. The van der Waals surface area contributed by atoms with Crippen LogP contribution in [0.4, 0.5) is 0 Å². The summed E-state index contributed by atoms with van der Waals surface area (Å²) < 4.78 is 7.82. The molecule has 1 saturated carbocycles. The third-order valence-corrected chi connectivity index (χ3v) is 3.94. The first-order valence-corrected chi connectivity index (χ1v) is 8.42. The number of nitrogens with one attached hydrogen (secondary N) is 2. The van der Waals surface area contributed by atoms with Gasteiger partial charge in [0.25, 0.3) is 0 Å². The fourth-order valence-corrected chi connectivity index (χ4v) is 2.70. The summed E-state index contributed by atoms with van der Waals surface area (Å²) in [5, 5.41) is 10.8. The van der Waals surface area contributed by atoms with E-state index in [1.807, 2.05) is 16.9 Å². The van der Waals surface area contributed by atoms with E-state index in [1.165, 1.54) is 32.1 Å². The van der Waals surface area contributed by atoms with Gasteiger partial charge in [-0.15, -0.1) is 0 Å². The Labute approximate surface area is 133 Å². The normalized spacial score (nSPS) is 16.7.